The van der Waals surface area contributed by atoms with E-state index in [1.807, 2.05) is 12.1 Å². The first kappa shape index (κ1) is 34.9. The van der Waals surface area contributed by atoms with Crippen LogP contribution in [0.5, 0.6) is 0 Å². The summed E-state index contributed by atoms with van der Waals surface area (Å²) < 4.78 is 13.4. The molecular formula is C57H34N6O. The molecule has 0 saturated carbocycles. The maximum Gasteiger partial charge on any atom is 0.240 e. The minimum Gasteiger partial charge on any atom is -0.456 e. The van der Waals surface area contributed by atoms with Gasteiger partial charge in [-0.05, 0) is 77.9 Å². The number of benzene rings is 9. The highest BCUT2D eigenvalue weighted by atomic mass is 16.3. The second-order valence-electron chi connectivity index (χ2n) is 16.4. The minimum atomic E-state index is 0.523. The van der Waals surface area contributed by atoms with Crippen molar-refractivity contribution in [2.45, 2.75) is 0 Å². The lowest BCUT2D eigenvalue weighted by Crippen LogP contribution is -2.10. The van der Waals surface area contributed by atoms with Crippen molar-refractivity contribution >= 4 is 87.4 Å². The van der Waals surface area contributed by atoms with Crippen molar-refractivity contribution in [2.75, 3.05) is 0 Å². The third-order valence-corrected chi connectivity index (χ3v) is 12.9. The molecule has 0 radical (unpaired) electrons. The molecule has 0 aliphatic carbocycles. The number of furan rings is 1. The summed E-state index contributed by atoms with van der Waals surface area (Å²) in [5.41, 5.74) is 12.2. The average molecular weight is 819 g/mol. The average Bonchev–Trinajstić information content (AvgIpc) is 4.10. The van der Waals surface area contributed by atoms with Gasteiger partial charge >= 0.3 is 0 Å². The summed E-state index contributed by atoms with van der Waals surface area (Å²) in [6.07, 6.45) is 0. The van der Waals surface area contributed by atoms with Crippen LogP contribution in [0, 0.1) is 0 Å². The van der Waals surface area contributed by atoms with Crippen LogP contribution in [0.4, 0.5) is 0 Å². The topological polar surface area (TPSA) is 66.6 Å². The predicted octanol–water partition coefficient (Wildman–Crippen LogP) is 14.4. The Kier molecular flexibility index (Phi) is 7.27. The quantitative estimate of drug-likeness (QED) is 0.173. The largest absolute Gasteiger partial charge is 0.456 e. The van der Waals surface area contributed by atoms with E-state index >= 15 is 0 Å². The molecular weight excluding hydrogens is 785 g/mol. The number of fused-ring (bicyclic) bond motifs is 13. The van der Waals surface area contributed by atoms with E-state index in [-0.39, 0.29) is 0 Å². The van der Waals surface area contributed by atoms with E-state index in [9.17, 15) is 0 Å². The number of rotatable bonds is 5. The molecule has 5 heterocycles. The van der Waals surface area contributed by atoms with Crippen molar-refractivity contribution in [3.8, 4) is 40.1 Å². The molecule has 0 N–H and O–H groups in total. The maximum absolute atomic E-state index is 6.64. The van der Waals surface area contributed by atoms with Crippen molar-refractivity contribution in [3.63, 3.8) is 0 Å². The summed E-state index contributed by atoms with van der Waals surface area (Å²) in [6.45, 7) is 0. The van der Waals surface area contributed by atoms with Crippen LogP contribution in [0.25, 0.3) is 127 Å². The number of para-hydroxylation sites is 5. The zero-order chi connectivity index (χ0) is 41.9. The number of hydrogen-bond acceptors (Lipinski definition) is 4. The summed E-state index contributed by atoms with van der Waals surface area (Å²) in [5.74, 6) is 1.59. The number of nitrogens with zero attached hydrogens (tertiary/aromatic N) is 6. The highest BCUT2D eigenvalue weighted by molar-refractivity contribution is 6.29. The fraction of sp³-hybridized carbons (Fsp3) is 0. The Labute approximate surface area is 365 Å². The van der Waals surface area contributed by atoms with Gasteiger partial charge in [0, 0.05) is 54.3 Å². The van der Waals surface area contributed by atoms with Crippen LogP contribution in [0.15, 0.2) is 211 Å². The van der Waals surface area contributed by atoms with Gasteiger partial charge in [-0.15, -0.1) is 0 Å². The molecule has 0 saturated heterocycles. The van der Waals surface area contributed by atoms with Gasteiger partial charge in [-0.1, -0.05) is 140 Å². The smallest absolute Gasteiger partial charge is 0.240 e. The van der Waals surface area contributed by atoms with Gasteiger partial charge in [0.25, 0.3) is 0 Å². The zero-order valence-electron chi connectivity index (χ0n) is 34.2. The first-order chi connectivity index (χ1) is 31.8. The lowest BCUT2D eigenvalue weighted by Gasteiger charge is -2.13. The van der Waals surface area contributed by atoms with Crippen LogP contribution in [0.3, 0.4) is 0 Å². The van der Waals surface area contributed by atoms with E-state index in [2.05, 4.69) is 208 Å². The second kappa shape index (κ2) is 13.3. The molecule has 7 heteroatoms. The van der Waals surface area contributed by atoms with Crippen LogP contribution in [-0.4, -0.2) is 28.7 Å². The van der Waals surface area contributed by atoms with E-state index < -0.39 is 0 Å². The maximum atomic E-state index is 6.64. The molecule has 5 aromatic heterocycles. The van der Waals surface area contributed by atoms with Crippen molar-refractivity contribution in [1.82, 2.24) is 28.7 Å². The molecule has 9 aromatic carbocycles. The molecule has 14 rings (SSSR count). The summed E-state index contributed by atoms with van der Waals surface area (Å²) in [5, 5.41) is 9.04. The van der Waals surface area contributed by atoms with E-state index in [1.165, 1.54) is 10.8 Å². The molecule has 14 aromatic rings. The number of hydrogen-bond donors (Lipinski definition) is 0. The fourth-order valence-electron chi connectivity index (χ4n) is 10.2. The van der Waals surface area contributed by atoms with Crippen LogP contribution in [0.2, 0.25) is 0 Å². The molecule has 0 spiro atoms. The zero-order valence-corrected chi connectivity index (χ0v) is 34.2. The van der Waals surface area contributed by atoms with Crippen LogP contribution < -0.4 is 0 Å². The van der Waals surface area contributed by atoms with Gasteiger partial charge in [0.05, 0.1) is 33.1 Å². The van der Waals surface area contributed by atoms with Crippen molar-refractivity contribution in [2.24, 2.45) is 0 Å². The molecule has 0 atom stereocenters. The molecule has 0 amide bonds. The molecule has 64 heavy (non-hydrogen) atoms. The molecule has 298 valence electrons. The highest BCUT2D eigenvalue weighted by Crippen LogP contribution is 2.43. The van der Waals surface area contributed by atoms with Gasteiger partial charge in [-0.3, -0.25) is 9.13 Å². The normalized spacial score (nSPS) is 12.1. The summed E-state index contributed by atoms with van der Waals surface area (Å²) in [4.78, 5) is 16.2. The molecule has 0 bridgehead atoms. The first-order valence-corrected chi connectivity index (χ1v) is 21.5. The molecule has 0 aliphatic heterocycles. The SMILES string of the molecule is c1ccc(-c2cccc3oc4cc(-c5nc(-n6c7ccccc7c7ccccc76)nc(-n6c7ccccc7c7c8c9ccccc9n(-c9ccccc9)c8ccc76)n5)ccc4c23)cc1. The minimum absolute atomic E-state index is 0.523. The van der Waals surface area contributed by atoms with Gasteiger partial charge < -0.3 is 8.98 Å². The van der Waals surface area contributed by atoms with Gasteiger partial charge in [0.2, 0.25) is 11.9 Å². The Hall–Kier alpha value is -8.81. The Morgan fingerprint density at radius 1 is 0.312 bits per heavy atom. The van der Waals surface area contributed by atoms with Crippen LogP contribution in [0.1, 0.15) is 0 Å². The van der Waals surface area contributed by atoms with Crippen LogP contribution >= 0.6 is 0 Å². The van der Waals surface area contributed by atoms with E-state index in [1.54, 1.807) is 0 Å². The monoisotopic (exact) mass is 818 g/mol. The standard InChI is InChI=1S/C57H34N6O/c1-3-16-35(17-4-1)38-24-15-29-50-52(38)43-31-30-36(34-51(43)64-50)55-58-56(62-44-25-11-7-20-39(44)40-21-8-12-26-45(40)62)60-57(59-55)63-47-28-14-10-23-42(47)54-49(63)33-32-48-53(54)41-22-9-13-27-46(41)61(48)37-18-5-2-6-19-37/h1-34H. The molecule has 0 fully saturated rings. The van der Waals surface area contributed by atoms with Gasteiger partial charge in [0.1, 0.15) is 11.2 Å². The summed E-state index contributed by atoms with van der Waals surface area (Å²) in [6, 6.07) is 72.4. The first-order valence-electron chi connectivity index (χ1n) is 21.5. The van der Waals surface area contributed by atoms with Crippen molar-refractivity contribution < 1.29 is 4.42 Å². The van der Waals surface area contributed by atoms with E-state index in [0.29, 0.717) is 17.7 Å². The third kappa shape index (κ3) is 4.94. The highest BCUT2D eigenvalue weighted by Gasteiger charge is 2.24. The Morgan fingerprint density at radius 3 is 1.47 bits per heavy atom. The van der Waals surface area contributed by atoms with E-state index in [0.717, 1.165) is 99.0 Å². The second-order valence-corrected chi connectivity index (χ2v) is 16.4. The van der Waals surface area contributed by atoms with Crippen molar-refractivity contribution in [1.29, 1.82) is 0 Å². The Bertz CT molecular complexity index is 4140. The molecule has 0 aliphatic rings. The number of aromatic nitrogens is 6. The summed E-state index contributed by atoms with van der Waals surface area (Å²) in [7, 11) is 0. The van der Waals surface area contributed by atoms with Crippen LogP contribution in [-0.2, 0) is 0 Å². The van der Waals surface area contributed by atoms with Gasteiger partial charge in [-0.25, -0.2) is 0 Å². The lowest BCUT2D eigenvalue weighted by molar-refractivity contribution is 0.669. The van der Waals surface area contributed by atoms with E-state index in [4.69, 9.17) is 19.4 Å². The Morgan fingerprint density at radius 2 is 0.828 bits per heavy atom. The summed E-state index contributed by atoms with van der Waals surface area (Å²) >= 11 is 0. The molecule has 7 nitrogen and oxygen atoms in total. The lowest BCUT2D eigenvalue weighted by atomic mass is 9.99. The van der Waals surface area contributed by atoms with Gasteiger partial charge in [0.15, 0.2) is 5.82 Å². The third-order valence-electron chi connectivity index (χ3n) is 12.9. The molecule has 0 unspecified atom stereocenters. The van der Waals surface area contributed by atoms with Gasteiger partial charge in [-0.2, -0.15) is 15.0 Å². The Balaban J connectivity index is 1.07. The fourth-order valence-corrected chi connectivity index (χ4v) is 10.2. The predicted molar refractivity (Wildman–Crippen MR) is 261 cm³/mol. The van der Waals surface area contributed by atoms with Crippen molar-refractivity contribution in [3.05, 3.63) is 206 Å².